The van der Waals surface area contributed by atoms with Gasteiger partial charge in [-0.05, 0) is 35.5 Å². The van der Waals surface area contributed by atoms with Gasteiger partial charge in [-0.2, -0.15) is 0 Å². The summed E-state index contributed by atoms with van der Waals surface area (Å²) in [6.07, 6.45) is 4.19. The van der Waals surface area contributed by atoms with Crippen molar-refractivity contribution in [2.24, 2.45) is 0 Å². The Hall–Kier alpha value is -4.43. The van der Waals surface area contributed by atoms with Gasteiger partial charge in [0.25, 0.3) is 0 Å². The number of likely N-dealkylation sites (tertiary alicyclic amines) is 1. The Bertz CT molecular complexity index is 1640. The van der Waals surface area contributed by atoms with Crippen LogP contribution in [0.15, 0.2) is 104 Å². The van der Waals surface area contributed by atoms with Gasteiger partial charge in [-0.15, -0.1) is 12.4 Å². The maximum atomic E-state index is 14.4. The van der Waals surface area contributed by atoms with Crippen LogP contribution in [-0.2, 0) is 25.4 Å². The summed E-state index contributed by atoms with van der Waals surface area (Å²) in [5, 5.41) is 2.80. The van der Waals surface area contributed by atoms with E-state index < -0.39 is 33.9 Å². The largest absolute Gasteiger partial charge is 0.343 e. The van der Waals surface area contributed by atoms with Crippen LogP contribution in [-0.4, -0.2) is 60.3 Å². The highest BCUT2D eigenvalue weighted by Gasteiger charge is 2.42. The van der Waals surface area contributed by atoms with Crippen molar-refractivity contribution in [3.05, 3.63) is 126 Å². The Morgan fingerprint density at radius 1 is 0.955 bits per heavy atom. The van der Waals surface area contributed by atoms with Crippen LogP contribution in [0.2, 0.25) is 0 Å². The number of H-pyrrole nitrogens is 1. The standard InChI is InChI=1S/C33H33N5O4S.ClH/c39-32(35-20-10-18-28-22-34-24-36-28)29-19-11-21-38(29)33(40)31(37-43(41,42)23-25-12-4-1-5-13-25)30(26-14-6-2-7-15-26)27-16-8-3-9-17-27;/h1-9,12-17,22,24,29-31,37H,11,19-21,23H2,(H,34,36)(H,35,39);1H/t29-,31+;/m0./s1. The molecule has 2 atom stereocenters. The Kier molecular flexibility index (Phi) is 11.3. The average molecular weight is 632 g/mol. The van der Waals surface area contributed by atoms with E-state index in [-0.39, 0.29) is 30.6 Å². The Morgan fingerprint density at radius 2 is 1.57 bits per heavy atom. The van der Waals surface area contributed by atoms with Crippen LogP contribution in [0.5, 0.6) is 0 Å². The second-order valence-corrected chi connectivity index (χ2v) is 12.1. The highest BCUT2D eigenvalue weighted by atomic mass is 35.5. The van der Waals surface area contributed by atoms with E-state index in [4.69, 9.17) is 0 Å². The van der Waals surface area contributed by atoms with Gasteiger partial charge in [0, 0.05) is 12.5 Å². The highest BCUT2D eigenvalue weighted by Crippen LogP contribution is 2.31. The van der Waals surface area contributed by atoms with E-state index in [0.717, 1.165) is 11.1 Å². The zero-order valence-corrected chi connectivity index (χ0v) is 25.6. The summed E-state index contributed by atoms with van der Waals surface area (Å²) in [6.45, 7) is 0.435. The molecular formula is C33H34ClN5O4S. The number of hydrogen-bond donors (Lipinski definition) is 3. The number of benzene rings is 3. The molecule has 2 heterocycles. The quantitative estimate of drug-likeness (QED) is 0.231. The fourth-order valence-corrected chi connectivity index (χ4v) is 6.72. The van der Waals surface area contributed by atoms with Crippen molar-refractivity contribution in [3.8, 4) is 11.8 Å². The molecule has 0 bridgehead atoms. The van der Waals surface area contributed by atoms with Crippen LogP contribution < -0.4 is 10.0 Å². The Labute approximate surface area is 264 Å². The number of aromatic amines is 1. The van der Waals surface area contributed by atoms with Gasteiger partial charge in [0.2, 0.25) is 21.8 Å². The molecule has 4 aromatic rings. The summed E-state index contributed by atoms with van der Waals surface area (Å²) < 4.78 is 30.0. The van der Waals surface area contributed by atoms with Crippen molar-refractivity contribution in [1.29, 1.82) is 0 Å². The molecule has 1 fully saturated rings. The number of amides is 2. The van der Waals surface area contributed by atoms with Crippen molar-refractivity contribution in [1.82, 2.24) is 24.9 Å². The van der Waals surface area contributed by atoms with Gasteiger partial charge in [-0.1, -0.05) is 96.9 Å². The number of rotatable bonds is 10. The number of imidazole rings is 1. The summed E-state index contributed by atoms with van der Waals surface area (Å²) >= 11 is 0. The fraction of sp³-hybridized carbons (Fsp3) is 0.242. The van der Waals surface area contributed by atoms with E-state index in [9.17, 15) is 18.0 Å². The van der Waals surface area contributed by atoms with Gasteiger partial charge in [-0.3, -0.25) is 9.59 Å². The van der Waals surface area contributed by atoms with Gasteiger partial charge >= 0.3 is 0 Å². The van der Waals surface area contributed by atoms with Crippen molar-refractivity contribution in [2.45, 2.75) is 36.6 Å². The van der Waals surface area contributed by atoms with Gasteiger partial charge in [0.05, 0.1) is 24.8 Å². The first kappa shape index (κ1) is 32.5. The summed E-state index contributed by atoms with van der Waals surface area (Å²) in [7, 11) is -3.97. The van der Waals surface area contributed by atoms with Crippen LogP contribution in [0.1, 0.15) is 41.1 Å². The third kappa shape index (κ3) is 8.35. The van der Waals surface area contributed by atoms with Crippen LogP contribution in [0.4, 0.5) is 0 Å². The maximum Gasteiger partial charge on any atom is 0.243 e. The molecule has 2 amide bonds. The van der Waals surface area contributed by atoms with Crippen LogP contribution in [0.25, 0.3) is 0 Å². The average Bonchev–Trinajstić information content (AvgIpc) is 3.73. The van der Waals surface area contributed by atoms with Crippen molar-refractivity contribution < 1.29 is 18.0 Å². The second-order valence-electron chi connectivity index (χ2n) is 10.3. The lowest BCUT2D eigenvalue weighted by Crippen LogP contribution is -2.55. The molecule has 1 saturated heterocycles. The lowest BCUT2D eigenvalue weighted by Gasteiger charge is -2.33. The summed E-state index contributed by atoms with van der Waals surface area (Å²) in [6, 6.07) is 25.6. The molecule has 0 aliphatic carbocycles. The molecule has 228 valence electrons. The Balaban J connectivity index is 0.00000442. The predicted molar refractivity (Wildman–Crippen MR) is 171 cm³/mol. The number of nitrogens with zero attached hydrogens (tertiary/aromatic N) is 2. The molecule has 0 saturated carbocycles. The first-order valence-corrected chi connectivity index (χ1v) is 15.8. The van der Waals surface area contributed by atoms with E-state index in [1.807, 2.05) is 66.7 Å². The number of halogens is 1. The van der Waals surface area contributed by atoms with E-state index >= 15 is 0 Å². The van der Waals surface area contributed by atoms with Gasteiger partial charge < -0.3 is 15.2 Å². The zero-order valence-electron chi connectivity index (χ0n) is 23.9. The summed E-state index contributed by atoms with van der Waals surface area (Å²) in [4.78, 5) is 36.0. The van der Waals surface area contributed by atoms with Gasteiger partial charge in [0.1, 0.15) is 17.8 Å². The number of carbonyl (C=O) groups excluding carboxylic acids is 2. The molecule has 0 spiro atoms. The molecule has 5 rings (SSSR count). The van der Waals surface area contributed by atoms with Crippen molar-refractivity contribution in [2.75, 3.05) is 13.1 Å². The first-order valence-electron chi connectivity index (χ1n) is 14.1. The van der Waals surface area contributed by atoms with E-state index in [0.29, 0.717) is 30.6 Å². The van der Waals surface area contributed by atoms with Crippen LogP contribution in [0, 0.1) is 11.8 Å². The number of hydrogen-bond acceptors (Lipinski definition) is 5. The van der Waals surface area contributed by atoms with Crippen LogP contribution >= 0.6 is 12.4 Å². The smallest absolute Gasteiger partial charge is 0.243 e. The molecular weight excluding hydrogens is 598 g/mol. The number of nitrogens with one attached hydrogen (secondary N) is 3. The minimum Gasteiger partial charge on any atom is -0.343 e. The summed E-state index contributed by atoms with van der Waals surface area (Å²) in [5.74, 6) is 4.06. The topological polar surface area (TPSA) is 124 Å². The van der Waals surface area contributed by atoms with Crippen molar-refractivity contribution >= 4 is 34.2 Å². The lowest BCUT2D eigenvalue weighted by atomic mass is 9.84. The summed E-state index contributed by atoms with van der Waals surface area (Å²) in [5.41, 5.74) is 2.80. The molecule has 1 aliphatic heterocycles. The normalized spacial score (nSPS) is 15.1. The molecule has 3 N–H and O–H groups in total. The molecule has 0 unspecified atom stereocenters. The molecule has 1 aromatic heterocycles. The zero-order chi connectivity index (χ0) is 30.1. The third-order valence-corrected chi connectivity index (χ3v) is 8.66. The third-order valence-electron chi connectivity index (χ3n) is 7.33. The molecule has 3 aromatic carbocycles. The molecule has 11 heteroatoms. The SMILES string of the molecule is Cl.O=C(NCC#Cc1cnc[nH]1)[C@@H]1CCCN1C(=O)[C@H](NS(=O)(=O)Cc1ccccc1)C(c1ccccc1)c1ccccc1. The lowest BCUT2D eigenvalue weighted by molar-refractivity contribution is -0.139. The van der Waals surface area contributed by atoms with E-state index in [2.05, 4.69) is 31.8 Å². The Morgan fingerprint density at radius 3 is 2.16 bits per heavy atom. The first-order chi connectivity index (χ1) is 20.9. The number of sulfonamides is 1. The number of aromatic nitrogens is 2. The van der Waals surface area contributed by atoms with Gasteiger partial charge in [0.15, 0.2) is 0 Å². The molecule has 0 radical (unpaired) electrons. The number of carbonyl (C=O) groups is 2. The van der Waals surface area contributed by atoms with Crippen LogP contribution in [0.3, 0.4) is 0 Å². The van der Waals surface area contributed by atoms with Gasteiger partial charge in [-0.25, -0.2) is 18.1 Å². The van der Waals surface area contributed by atoms with E-state index in [1.54, 1.807) is 30.5 Å². The van der Waals surface area contributed by atoms with Crippen molar-refractivity contribution in [3.63, 3.8) is 0 Å². The second kappa shape index (κ2) is 15.3. The van der Waals surface area contributed by atoms with E-state index in [1.165, 1.54) is 11.2 Å². The molecule has 9 nitrogen and oxygen atoms in total. The predicted octanol–water partition coefficient (Wildman–Crippen LogP) is 3.61. The highest BCUT2D eigenvalue weighted by molar-refractivity contribution is 7.88. The minimum absolute atomic E-state index is 0. The molecule has 44 heavy (non-hydrogen) atoms. The maximum absolute atomic E-state index is 14.4. The fourth-order valence-electron chi connectivity index (χ4n) is 5.38. The minimum atomic E-state index is -3.97. The monoisotopic (exact) mass is 631 g/mol. The molecule has 1 aliphatic rings.